The van der Waals surface area contributed by atoms with Gasteiger partial charge in [0.05, 0.1) is 0 Å². The number of carbonyl (C=O) groups is 2. The monoisotopic (exact) mass is 370 g/mol. The van der Waals surface area contributed by atoms with Gasteiger partial charge in [0.25, 0.3) is 5.91 Å². The highest BCUT2D eigenvalue weighted by Crippen LogP contribution is 2.36. The Bertz CT molecular complexity index is 660. The predicted molar refractivity (Wildman–Crippen MR) is 109 cm³/mol. The Morgan fingerprint density at radius 1 is 1.04 bits per heavy atom. The van der Waals surface area contributed by atoms with E-state index in [-0.39, 0.29) is 17.2 Å². The standard InChI is InChI=1S/C23H34N2O2/c1-23(2,3)20-10-8-18(9-11-20)22(27)24-14-12-21(26)25-15-13-17-6-4-5-7-19(17)16-25/h8-11,17,19H,4-7,12-16H2,1-3H3,(H,24,27)/t17-,19+/m1/s1. The molecule has 1 aliphatic heterocycles. The molecule has 1 heterocycles. The lowest BCUT2D eigenvalue weighted by atomic mass is 9.75. The number of rotatable bonds is 4. The Morgan fingerprint density at radius 3 is 2.37 bits per heavy atom. The van der Waals surface area contributed by atoms with Crippen LogP contribution in [0.2, 0.25) is 0 Å². The van der Waals surface area contributed by atoms with E-state index in [2.05, 4.69) is 26.1 Å². The Morgan fingerprint density at radius 2 is 1.70 bits per heavy atom. The number of hydrogen-bond donors (Lipinski definition) is 1. The molecule has 148 valence electrons. The molecule has 0 bridgehead atoms. The van der Waals surface area contributed by atoms with Crippen LogP contribution in [0.15, 0.2) is 24.3 Å². The van der Waals surface area contributed by atoms with Gasteiger partial charge in [-0.1, -0.05) is 52.2 Å². The molecular formula is C23H34N2O2. The van der Waals surface area contributed by atoms with Gasteiger partial charge in [-0.15, -0.1) is 0 Å². The molecule has 4 heteroatoms. The molecule has 27 heavy (non-hydrogen) atoms. The summed E-state index contributed by atoms with van der Waals surface area (Å²) in [6, 6.07) is 7.75. The number of carbonyl (C=O) groups excluding carboxylic acids is 2. The molecule has 1 aromatic carbocycles. The van der Waals surface area contributed by atoms with E-state index in [0.717, 1.165) is 25.4 Å². The zero-order chi connectivity index (χ0) is 19.4. The summed E-state index contributed by atoms with van der Waals surface area (Å²) in [5.74, 6) is 1.61. The highest BCUT2D eigenvalue weighted by molar-refractivity contribution is 5.94. The number of benzene rings is 1. The fraction of sp³-hybridized carbons (Fsp3) is 0.652. The minimum absolute atomic E-state index is 0.0766. The van der Waals surface area contributed by atoms with Crippen LogP contribution in [0.5, 0.6) is 0 Å². The maximum Gasteiger partial charge on any atom is 0.251 e. The van der Waals surface area contributed by atoms with Crippen molar-refractivity contribution in [3.05, 3.63) is 35.4 Å². The second-order valence-corrected chi connectivity index (χ2v) is 9.27. The molecule has 2 fully saturated rings. The summed E-state index contributed by atoms with van der Waals surface area (Å²) in [4.78, 5) is 26.9. The zero-order valence-electron chi connectivity index (χ0n) is 17.1. The van der Waals surface area contributed by atoms with Gasteiger partial charge in [0, 0.05) is 31.6 Å². The maximum absolute atomic E-state index is 12.5. The van der Waals surface area contributed by atoms with Gasteiger partial charge in [0.1, 0.15) is 0 Å². The van der Waals surface area contributed by atoms with Gasteiger partial charge in [0.2, 0.25) is 5.91 Å². The van der Waals surface area contributed by atoms with Crippen LogP contribution < -0.4 is 5.32 Å². The second-order valence-electron chi connectivity index (χ2n) is 9.27. The summed E-state index contributed by atoms with van der Waals surface area (Å²) in [5.41, 5.74) is 1.94. The van der Waals surface area contributed by atoms with Gasteiger partial charge in [-0.3, -0.25) is 9.59 Å². The van der Waals surface area contributed by atoms with E-state index in [1.165, 1.54) is 31.2 Å². The highest BCUT2D eigenvalue weighted by Gasteiger charge is 2.32. The number of likely N-dealkylation sites (tertiary alicyclic amines) is 1. The molecule has 3 rings (SSSR count). The number of nitrogens with one attached hydrogen (secondary N) is 1. The summed E-state index contributed by atoms with van der Waals surface area (Å²) in [6.07, 6.45) is 6.84. The number of hydrogen-bond acceptors (Lipinski definition) is 2. The number of amides is 2. The highest BCUT2D eigenvalue weighted by atomic mass is 16.2. The third kappa shape index (κ3) is 5.12. The van der Waals surface area contributed by atoms with Crippen molar-refractivity contribution in [1.29, 1.82) is 0 Å². The van der Waals surface area contributed by atoms with Crippen LogP contribution in [0.1, 0.15) is 75.2 Å². The molecule has 2 aliphatic rings. The SMILES string of the molecule is CC(C)(C)c1ccc(C(=O)NCCC(=O)N2CC[C@H]3CCCC[C@H]3C2)cc1. The number of nitrogens with zero attached hydrogens (tertiary/aromatic N) is 1. The van der Waals surface area contributed by atoms with Crippen LogP contribution in [0.3, 0.4) is 0 Å². The molecule has 2 atom stereocenters. The first-order valence-electron chi connectivity index (χ1n) is 10.5. The first-order valence-corrected chi connectivity index (χ1v) is 10.5. The Balaban J connectivity index is 1.43. The van der Waals surface area contributed by atoms with Crippen molar-refractivity contribution < 1.29 is 9.59 Å². The van der Waals surface area contributed by atoms with Crippen molar-refractivity contribution in [2.45, 2.75) is 64.7 Å². The first kappa shape index (κ1) is 19.9. The lowest BCUT2D eigenvalue weighted by Gasteiger charge is -2.41. The largest absolute Gasteiger partial charge is 0.352 e. The summed E-state index contributed by atoms with van der Waals surface area (Å²) in [7, 11) is 0. The average molecular weight is 371 g/mol. The number of piperidine rings is 1. The first-order chi connectivity index (χ1) is 12.8. The normalized spacial score (nSPS) is 22.9. The van der Waals surface area contributed by atoms with Crippen LogP contribution in [0.4, 0.5) is 0 Å². The molecule has 1 saturated carbocycles. The Labute approximate surface area is 163 Å². The van der Waals surface area contributed by atoms with Crippen LogP contribution in [-0.4, -0.2) is 36.3 Å². The molecule has 1 N–H and O–H groups in total. The van der Waals surface area contributed by atoms with Gasteiger partial charge >= 0.3 is 0 Å². The molecule has 0 spiro atoms. The van der Waals surface area contributed by atoms with Crippen LogP contribution in [0.25, 0.3) is 0 Å². The molecule has 0 unspecified atom stereocenters. The molecule has 4 nitrogen and oxygen atoms in total. The maximum atomic E-state index is 12.5. The van der Waals surface area contributed by atoms with Crippen LogP contribution >= 0.6 is 0 Å². The lowest BCUT2D eigenvalue weighted by Crippen LogP contribution is -2.45. The third-order valence-electron chi connectivity index (χ3n) is 6.28. The third-order valence-corrected chi connectivity index (χ3v) is 6.28. The van der Waals surface area contributed by atoms with Crippen molar-refractivity contribution in [2.24, 2.45) is 11.8 Å². The Hall–Kier alpha value is -1.84. The molecule has 0 radical (unpaired) electrons. The molecule has 2 amide bonds. The molecule has 1 aliphatic carbocycles. The quantitative estimate of drug-likeness (QED) is 0.866. The number of fused-ring (bicyclic) bond motifs is 1. The van der Waals surface area contributed by atoms with E-state index in [1.807, 2.05) is 29.2 Å². The van der Waals surface area contributed by atoms with E-state index >= 15 is 0 Å². The van der Waals surface area contributed by atoms with Gasteiger partial charge in [-0.25, -0.2) is 0 Å². The molecule has 1 saturated heterocycles. The van der Waals surface area contributed by atoms with Crippen LogP contribution in [0, 0.1) is 11.8 Å². The van der Waals surface area contributed by atoms with E-state index in [4.69, 9.17) is 0 Å². The van der Waals surface area contributed by atoms with E-state index < -0.39 is 0 Å². The predicted octanol–water partition coefficient (Wildman–Crippen LogP) is 4.14. The molecular weight excluding hydrogens is 336 g/mol. The van der Waals surface area contributed by atoms with Crippen LogP contribution in [-0.2, 0) is 10.2 Å². The topological polar surface area (TPSA) is 49.4 Å². The van der Waals surface area contributed by atoms with Gasteiger partial charge in [-0.2, -0.15) is 0 Å². The minimum Gasteiger partial charge on any atom is -0.352 e. The fourth-order valence-electron chi connectivity index (χ4n) is 4.49. The van der Waals surface area contributed by atoms with Crippen molar-refractivity contribution >= 4 is 11.8 Å². The summed E-state index contributed by atoms with van der Waals surface area (Å²) in [5, 5.41) is 2.90. The summed E-state index contributed by atoms with van der Waals surface area (Å²) >= 11 is 0. The molecule has 0 aromatic heterocycles. The van der Waals surface area contributed by atoms with E-state index in [1.54, 1.807) is 0 Å². The van der Waals surface area contributed by atoms with Crippen molar-refractivity contribution in [1.82, 2.24) is 10.2 Å². The summed E-state index contributed by atoms with van der Waals surface area (Å²) < 4.78 is 0. The van der Waals surface area contributed by atoms with Crippen molar-refractivity contribution in [3.63, 3.8) is 0 Å². The second kappa shape index (κ2) is 8.45. The van der Waals surface area contributed by atoms with E-state index in [9.17, 15) is 9.59 Å². The lowest BCUT2D eigenvalue weighted by molar-refractivity contribution is -0.134. The van der Waals surface area contributed by atoms with Crippen molar-refractivity contribution in [3.8, 4) is 0 Å². The van der Waals surface area contributed by atoms with Gasteiger partial charge in [0.15, 0.2) is 0 Å². The van der Waals surface area contributed by atoms with Gasteiger partial charge < -0.3 is 10.2 Å². The van der Waals surface area contributed by atoms with E-state index in [0.29, 0.717) is 24.4 Å². The molecule has 1 aromatic rings. The average Bonchev–Trinajstić information content (AvgIpc) is 2.66. The zero-order valence-corrected chi connectivity index (χ0v) is 17.1. The van der Waals surface area contributed by atoms with Crippen molar-refractivity contribution in [2.75, 3.05) is 19.6 Å². The smallest absolute Gasteiger partial charge is 0.251 e. The summed E-state index contributed by atoms with van der Waals surface area (Å²) in [6.45, 7) is 8.69. The minimum atomic E-state index is -0.103. The fourth-order valence-corrected chi connectivity index (χ4v) is 4.49. The Kier molecular flexibility index (Phi) is 6.23. The van der Waals surface area contributed by atoms with Gasteiger partial charge in [-0.05, 0) is 47.8 Å².